The van der Waals surface area contributed by atoms with E-state index < -0.39 is 17.9 Å². The zero-order valence-corrected chi connectivity index (χ0v) is 7.31. The summed E-state index contributed by atoms with van der Waals surface area (Å²) in [5, 5.41) is 0. The molecule has 1 aromatic rings. The molecule has 0 fully saturated rings. The number of hydrogen-bond acceptors (Lipinski definition) is 1. The van der Waals surface area contributed by atoms with Crippen molar-refractivity contribution < 1.29 is 22.3 Å². The first kappa shape index (κ1) is 11.3. The van der Waals surface area contributed by atoms with Gasteiger partial charge < -0.3 is 9.58 Å². The molecule has 0 radical (unpaired) electrons. The predicted molar refractivity (Wildman–Crippen MR) is 43.4 cm³/mol. The summed E-state index contributed by atoms with van der Waals surface area (Å²) in [4.78, 5) is 2.92. The Kier molecular flexibility index (Phi) is 3.14. The number of ether oxygens (including phenoxy) is 1. The summed E-state index contributed by atoms with van der Waals surface area (Å²) in [6, 6.07) is 2.67. The average Bonchev–Trinajstić information content (AvgIpc) is 2.07. The molecule has 0 aliphatic carbocycles. The summed E-state index contributed by atoms with van der Waals surface area (Å²) in [5.74, 6) is -1.51. The van der Waals surface area contributed by atoms with E-state index in [1.54, 1.807) is 0 Å². The summed E-state index contributed by atoms with van der Waals surface area (Å²) in [5.41, 5.74) is 0.0412. The second kappa shape index (κ2) is 4.17. The molecule has 0 aliphatic rings. The van der Waals surface area contributed by atoms with Gasteiger partial charge in [-0.05, 0) is 12.1 Å². The van der Waals surface area contributed by atoms with Crippen LogP contribution in [0.2, 0.25) is 0 Å². The van der Waals surface area contributed by atoms with E-state index in [0.717, 1.165) is 12.1 Å². The highest BCUT2D eigenvalue weighted by Gasteiger charge is 2.31. The van der Waals surface area contributed by atoms with Crippen LogP contribution in [0.1, 0.15) is 5.56 Å². The van der Waals surface area contributed by atoms with Crippen LogP contribution in [-0.2, 0) is 6.54 Å². The van der Waals surface area contributed by atoms with Crippen molar-refractivity contribution in [1.82, 2.24) is 0 Å². The maximum absolute atomic E-state index is 13.0. The molecular formula is C9H5F4NO. The first-order valence-electron chi connectivity index (χ1n) is 3.80. The number of alkyl halides is 3. The van der Waals surface area contributed by atoms with E-state index in [9.17, 15) is 17.6 Å². The third-order valence-corrected chi connectivity index (χ3v) is 1.51. The van der Waals surface area contributed by atoms with Gasteiger partial charge in [-0.1, -0.05) is 0 Å². The normalized spacial score (nSPS) is 10.9. The highest BCUT2D eigenvalue weighted by atomic mass is 19.4. The van der Waals surface area contributed by atoms with Crippen LogP contribution in [-0.4, -0.2) is 6.36 Å². The molecule has 0 saturated heterocycles. The molecule has 80 valence electrons. The van der Waals surface area contributed by atoms with Crippen LogP contribution in [0, 0.1) is 12.4 Å². The van der Waals surface area contributed by atoms with Crippen molar-refractivity contribution in [2.75, 3.05) is 0 Å². The molecule has 1 rings (SSSR count). The van der Waals surface area contributed by atoms with Crippen molar-refractivity contribution in [3.05, 3.63) is 41.0 Å². The molecule has 15 heavy (non-hydrogen) atoms. The van der Waals surface area contributed by atoms with E-state index in [2.05, 4.69) is 9.58 Å². The number of hydrogen-bond donors (Lipinski definition) is 0. The van der Waals surface area contributed by atoms with E-state index >= 15 is 0 Å². The number of benzene rings is 1. The lowest BCUT2D eigenvalue weighted by Crippen LogP contribution is -2.17. The summed E-state index contributed by atoms with van der Waals surface area (Å²) < 4.78 is 51.7. The molecule has 1 aromatic carbocycles. The van der Waals surface area contributed by atoms with Gasteiger partial charge in [0.15, 0.2) is 0 Å². The fraction of sp³-hybridized carbons (Fsp3) is 0.222. The van der Waals surface area contributed by atoms with Crippen LogP contribution in [0.3, 0.4) is 0 Å². The van der Waals surface area contributed by atoms with Gasteiger partial charge in [0.1, 0.15) is 11.6 Å². The maximum atomic E-state index is 13.0. The third kappa shape index (κ3) is 3.46. The van der Waals surface area contributed by atoms with Gasteiger partial charge in [-0.25, -0.2) is 11.0 Å². The molecule has 6 heteroatoms. The van der Waals surface area contributed by atoms with Crippen molar-refractivity contribution in [1.29, 1.82) is 0 Å². The van der Waals surface area contributed by atoms with E-state index in [4.69, 9.17) is 6.57 Å². The summed E-state index contributed by atoms with van der Waals surface area (Å²) in [6.45, 7) is 6.27. The Morgan fingerprint density at radius 1 is 1.33 bits per heavy atom. The van der Waals surface area contributed by atoms with Gasteiger partial charge in [-0.2, -0.15) is 0 Å². The quantitative estimate of drug-likeness (QED) is 0.550. The van der Waals surface area contributed by atoms with Crippen LogP contribution in [0.25, 0.3) is 4.85 Å². The van der Waals surface area contributed by atoms with E-state index in [1.807, 2.05) is 0 Å². The van der Waals surface area contributed by atoms with E-state index in [0.29, 0.717) is 6.07 Å². The third-order valence-electron chi connectivity index (χ3n) is 1.51. The summed E-state index contributed by atoms with van der Waals surface area (Å²) in [7, 11) is 0. The molecular weight excluding hydrogens is 214 g/mol. The molecule has 0 aromatic heterocycles. The average molecular weight is 219 g/mol. The molecule has 0 spiro atoms. The van der Waals surface area contributed by atoms with Gasteiger partial charge in [0.25, 0.3) is 0 Å². The standard InChI is InChI=1S/C9H5F4NO/c1-14-5-6-2-3-7(4-8(6)10)15-9(11,12)13/h2-4H,5H2. The van der Waals surface area contributed by atoms with Crippen LogP contribution in [0.15, 0.2) is 18.2 Å². The zero-order chi connectivity index (χ0) is 11.5. The number of halogens is 4. The molecule has 2 nitrogen and oxygen atoms in total. The number of rotatable bonds is 2. The lowest BCUT2D eigenvalue weighted by molar-refractivity contribution is -0.274. The van der Waals surface area contributed by atoms with Crippen molar-refractivity contribution in [3.8, 4) is 5.75 Å². The van der Waals surface area contributed by atoms with Crippen molar-refractivity contribution in [3.63, 3.8) is 0 Å². The SMILES string of the molecule is [C-]#[N+]Cc1ccc(OC(F)(F)F)cc1F. The predicted octanol–water partition coefficient (Wildman–Crippen LogP) is 3.14. The summed E-state index contributed by atoms with van der Waals surface area (Å²) in [6.07, 6.45) is -4.84. The minimum Gasteiger partial charge on any atom is -0.406 e. The minimum atomic E-state index is -4.84. The Hall–Kier alpha value is -1.77. The second-order valence-electron chi connectivity index (χ2n) is 2.62. The Morgan fingerprint density at radius 3 is 2.47 bits per heavy atom. The van der Waals surface area contributed by atoms with Gasteiger partial charge >= 0.3 is 6.36 Å². The first-order chi connectivity index (χ1) is 6.92. The van der Waals surface area contributed by atoms with Crippen LogP contribution < -0.4 is 4.74 Å². The number of nitrogens with zero attached hydrogens (tertiary/aromatic N) is 1. The minimum absolute atomic E-state index is 0.0412. The topological polar surface area (TPSA) is 13.6 Å². The van der Waals surface area contributed by atoms with Crippen molar-refractivity contribution in [2.24, 2.45) is 0 Å². The van der Waals surface area contributed by atoms with E-state index in [-0.39, 0.29) is 12.1 Å². The Morgan fingerprint density at radius 2 is 2.00 bits per heavy atom. The molecule has 0 atom stereocenters. The van der Waals surface area contributed by atoms with Gasteiger partial charge in [0, 0.05) is 6.07 Å². The van der Waals surface area contributed by atoms with E-state index in [1.165, 1.54) is 0 Å². The fourth-order valence-corrected chi connectivity index (χ4v) is 0.939. The zero-order valence-electron chi connectivity index (χ0n) is 7.31. The molecule has 0 aliphatic heterocycles. The fourth-order valence-electron chi connectivity index (χ4n) is 0.939. The first-order valence-corrected chi connectivity index (χ1v) is 3.80. The maximum Gasteiger partial charge on any atom is 0.573 e. The van der Waals surface area contributed by atoms with Gasteiger partial charge in [-0.15, -0.1) is 13.2 Å². The molecule has 0 saturated carbocycles. The molecule has 0 amide bonds. The Bertz CT molecular complexity index is 394. The molecule has 0 unspecified atom stereocenters. The Balaban J connectivity index is 2.88. The molecule has 0 heterocycles. The largest absolute Gasteiger partial charge is 0.573 e. The highest BCUT2D eigenvalue weighted by Crippen LogP contribution is 2.24. The smallest absolute Gasteiger partial charge is 0.406 e. The highest BCUT2D eigenvalue weighted by molar-refractivity contribution is 5.29. The molecule has 0 bridgehead atoms. The lowest BCUT2D eigenvalue weighted by atomic mass is 10.2. The Labute approximate surface area is 82.9 Å². The van der Waals surface area contributed by atoms with Crippen molar-refractivity contribution in [2.45, 2.75) is 12.9 Å². The van der Waals surface area contributed by atoms with Crippen LogP contribution in [0.4, 0.5) is 17.6 Å². The van der Waals surface area contributed by atoms with Crippen LogP contribution >= 0.6 is 0 Å². The van der Waals surface area contributed by atoms with Gasteiger partial charge in [0.2, 0.25) is 6.54 Å². The second-order valence-corrected chi connectivity index (χ2v) is 2.62. The van der Waals surface area contributed by atoms with Crippen molar-refractivity contribution >= 4 is 0 Å². The molecule has 0 N–H and O–H groups in total. The summed E-state index contributed by atoms with van der Waals surface area (Å²) >= 11 is 0. The van der Waals surface area contributed by atoms with Gasteiger partial charge in [0.05, 0.1) is 5.56 Å². The van der Waals surface area contributed by atoms with Gasteiger partial charge in [-0.3, -0.25) is 0 Å². The van der Waals surface area contributed by atoms with Crippen LogP contribution in [0.5, 0.6) is 5.75 Å². The lowest BCUT2D eigenvalue weighted by Gasteiger charge is -2.08. The monoisotopic (exact) mass is 219 g/mol.